The maximum Gasteiger partial charge on any atom is 0.0705 e. The van der Waals surface area contributed by atoms with Crippen LogP contribution in [0.4, 0.5) is 0 Å². The van der Waals surface area contributed by atoms with Crippen molar-refractivity contribution in [2.45, 2.75) is 25.4 Å². The fourth-order valence-corrected chi connectivity index (χ4v) is 2.71. The maximum atomic E-state index is 6.20. The Morgan fingerprint density at radius 2 is 2.06 bits per heavy atom. The highest BCUT2D eigenvalue weighted by Crippen LogP contribution is 2.25. The van der Waals surface area contributed by atoms with Gasteiger partial charge < -0.3 is 5.73 Å². The van der Waals surface area contributed by atoms with E-state index in [-0.39, 0.29) is 5.54 Å². The van der Waals surface area contributed by atoms with Gasteiger partial charge in [0.05, 0.1) is 5.52 Å². The molecule has 2 N–H and O–H groups in total. The topological polar surface area (TPSA) is 42.1 Å². The summed E-state index contributed by atoms with van der Waals surface area (Å²) in [5.41, 5.74) is 8.67. The van der Waals surface area contributed by atoms with E-state index in [0.29, 0.717) is 0 Å². The first kappa shape index (κ1) is 11.6. The minimum absolute atomic E-state index is 0.0445. The summed E-state index contributed by atoms with van der Waals surface area (Å²) in [7, 11) is 0. The molecule has 0 amide bonds. The Morgan fingerprint density at radius 1 is 1.28 bits per heavy atom. The standard InChI is InChI=1S/C15H19N3/c1-2-15(16)10-18(11-15)9-12-7-8-17-14-6-4-3-5-13(12)14/h3-8H,2,9-11,16H2,1H3. The van der Waals surface area contributed by atoms with Gasteiger partial charge in [-0.2, -0.15) is 0 Å². The van der Waals surface area contributed by atoms with Gasteiger partial charge in [-0.15, -0.1) is 0 Å². The third-order valence-electron chi connectivity index (χ3n) is 3.91. The van der Waals surface area contributed by atoms with Crippen molar-refractivity contribution in [3.63, 3.8) is 0 Å². The van der Waals surface area contributed by atoms with Crippen molar-refractivity contribution in [2.24, 2.45) is 5.73 Å². The molecule has 18 heavy (non-hydrogen) atoms. The number of rotatable bonds is 3. The molecule has 0 atom stereocenters. The Kier molecular flexibility index (Phi) is 2.80. The van der Waals surface area contributed by atoms with E-state index in [4.69, 9.17) is 5.73 Å². The molecule has 0 aliphatic carbocycles. The van der Waals surface area contributed by atoms with Crippen LogP contribution in [0.25, 0.3) is 10.9 Å². The fraction of sp³-hybridized carbons (Fsp3) is 0.400. The molecule has 1 saturated heterocycles. The molecular weight excluding hydrogens is 222 g/mol. The summed E-state index contributed by atoms with van der Waals surface area (Å²) in [6.45, 7) is 5.14. The van der Waals surface area contributed by atoms with E-state index in [1.165, 1.54) is 10.9 Å². The molecule has 3 nitrogen and oxygen atoms in total. The molecule has 1 fully saturated rings. The van der Waals surface area contributed by atoms with Crippen molar-refractivity contribution in [3.8, 4) is 0 Å². The van der Waals surface area contributed by atoms with Gasteiger partial charge in [-0.25, -0.2) is 0 Å². The molecule has 3 heteroatoms. The number of aromatic nitrogens is 1. The number of pyridine rings is 1. The first-order chi connectivity index (χ1) is 8.70. The highest BCUT2D eigenvalue weighted by Gasteiger charge is 2.37. The van der Waals surface area contributed by atoms with E-state index in [1.807, 2.05) is 12.3 Å². The zero-order valence-electron chi connectivity index (χ0n) is 10.8. The predicted octanol–water partition coefficient (Wildman–Crippen LogP) is 2.16. The smallest absolute Gasteiger partial charge is 0.0705 e. The average Bonchev–Trinajstić information content (AvgIpc) is 2.37. The van der Waals surface area contributed by atoms with Crippen molar-refractivity contribution in [1.82, 2.24) is 9.88 Å². The van der Waals surface area contributed by atoms with Crippen LogP contribution in [0.5, 0.6) is 0 Å². The molecule has 2 heterocycles. The Hall–Kier alpha value is -1.45. The van der Waals surface area contributed by atoms with Crippen LogP contribution in [-0.2, 0) is 6.54 Å². The molecule has 1 aliphatic rings. The van der Waals surface area contributed by atoms with E-state index in [2.05, 4.69) is 41.1 Å². The summed E-state index contributed by atoms with van der Waals surface area (Å²) < 4.78 is 0. The molecule has 1 aromatic heterocycles. The van der Waals surface area contributed by atoms with Gasteiger partial charge in [-0.1, -0.05) is 25.1 Å². The normalized spacial score (nSPS) is 18.8. The zero-order chi connectivity index (χ0) is 12.6. The van der Waals surface area contributed by atoms with Crippen molar-refractivity contribution >= 4 is 10.9 Å². The van der Waals surface area contributed by atoms with Crippen molar-refractivity contribution in [2.75, 3.05) is 13.1 Å². The van der Waals surface area contributed by atoms with Gasteiger partial charge in [0.2, 0.25) is 0 Å². The lowest BCUT2D eigenvalue weighted by molar-refractivity contribution is 0.0611. The van der Waals surface area contributed by atoms with Crippen LogP contribution in [0.1, 0.15) is 18.9 Å². The maximum absolute atomic E-state index is 6.20. The predicted molar refractivity (Wildman–Crippen MR) is 74.2 cm³/mol. The van der Waals surface area contributed by atoms with Crippen molar-refractivity contribution < 1.29 is 0 Å². The Morgan fingerprint density at radius 3 is 2.83 bits per heavy atom. The summed E-state index contributed by atoms with van der Waals surface area (Å²) in [6, 6.07) is 10.4. The number of nitrogens with two attached hydrogens (primary N) is 1. The molecular formula is C15H19N3. The minimum Gasteiger partial charge on any atom is -0.323 e. The second-order valence-corrected chi connectivity index (χ2v) is 5.35. The molecule has 0 bridgehead atoms. The molecule has 0 unspecified atom stereocenters. The van der Waals surface area contributed by atoms with Crippen molar-refractivity contribution in [3.05, 3.63) is 42.1 Å². The number of benzene rings is 1. The number of nitrogens with zero attached hydrogens (tertiary/aromatic N) is 2. The van der Waals surface area contributed by atoms with Crippen LogP contribution in [0, 0.1) is 0 Å². The molecule has 1 aromatic carbocycles. The van der Waals surface area contributed by atoms with Gasteiger partial charge in [0.25, 0.3) is 0 Å². The van der Waals surface area contributed by atoms with Crippen LogP contribution in [0.3, 0.4) is 0 Å². The largest absolute Gasteiger partial charge is 0.323 e. The fourth-order valence-electron chi connectivity index (χ4n) is 2.71. The van der Waals surface area contributed by atoms with E-state index < -0.39 is 0 Å². The third-order valence-corrected chi connectivity index (χ3v) is 3.91. The number of hydrogen-bond donors (Lipinski definition) is 1. The van der Waals surface area contributed by atoms with E-state index in [0.717, 1.165) is 31.6 Å². The molecule has 0 radical (unpaired) electrons. The molecule has 0 spiro atoms. The quantitative estimate of drug-likeness (QED) is 0.895. The molecule has 0 saturated carbocycles. The average molecular weight is 241 g/mol. The van der Waals surface area contributed by atoms with E-state index in [1.54, 1.807) is 0 Å². The molecule has 94 valence electrons. The SMILES string of the molecule is CCC1(N)CN(Cc2ccnc3ccccc23)C1. The summed E-state index contributed by atoms with van der Waals surface area (Å²) in [5, 5.41) is 1.26. The Labute approximate surface area is 108 Å². The second-order valence-electron chi connectivity index (χ2n) is 5.35. The second kappa shape index (κ2) is 4.34. The summed E-state index contributed by atoms with van der Waals surface area (Å²) in [5.74, 6) is 0. The van der Waals surface area contributed by atoms with E-state index >= 15 is 0 Å². The first-order valence-electron chi connectivity index (χ1n) is 6.54. The molecule has 2 aromatic rings. The van der Waals surface area contributed by atoms with Crippen LogP contribution in [0.15, 0.2) is 36.5 Å². The lowest BCUT2D eigenvalue weighted by Crippen LogP contribution is -2.66. The number of fused-ring (bicyclic) bond motifs is 1. The molecule has 1 aliphatic heterocycles. The van der Waals surface area contributed by atoms with Gasteiger partial charge in [-0.3, -0.25) is 9.88 Å². The number of hydrogen-bond acceptors (Lipinski definition) is 3. The van der Waals surface area contributed by atoms with Gasteiger partial charge in [0.1, 0.15) is 0 Å². The van der Waals surface area contributed by atoms with Crippen LogP contribution in [0.2, 0.25) is 0 Å². The number of para-hydroxylation sites is 1. The van der Waals surface area contributed by atoms with Crippen LogP contribution in [-0.4, -0.2) is 28.5 Å². The Balaban J connectivity index is 1.80. The summed E-state index contributed by atoms with van der Waals surface area (Å²) in [4.78, 5) is 6.80. The summed E-state index contributed by atoms with van der Waals surface area (Å²) in [6.07, 6.45) is 2.95. The minimum atomic E-state index is 0.0445. The van der Waals surface area contributed by atoms with Gasteiger partial charge in [0, 0.05) is 36.8 Å². The Bertz CT molecular complexity index is 553. The summed E-state index contributed by atoms with van der Waals surface area (Å²) >= 11 is 0. The van der Waals surface area contributed by atoms with Gasteiger partial charge >= 0.3 is 0 Å². The van der Waals surface area contributed by atoms with Gasteiger partial charge in [0.15, 0.2) is 0 Å². The molecule has 3 rings (SSSR count). The number of likely N-dealkylation sites (tertiary alicyclic amines) is 1. The lowest BCUT2D eigenvalue weighted by Gasteiger charge is -2.47. The lowest BCUT2D eigenvalue weighted by atomic mass is 9.88. The van der Waals surface area contributed by atoms with Crippen molar-refractivity contribution in [1.29, 1.82) is 0 Å². The third kappa shape index (κ3) is 2.00. The van der Waals surface area contributed by atoms with E-state index in [9.17, 15) is 0 Å². The van der Waals surface area contributed by atoms with Crippen LogP contribution >= 0.6 is 0 Å². The highest BCUT2D eigenvalue weighted by atomic mass is 15.2. The van der Waals surface area contributed by atoms with Crippen LogP contribution < -0.4 is 5.73 Å². The zero-order valence-corrected chi connectivity index (χ0v) is 10.8. The first-order valence-corrected chi connectivity index (χ1v) is 6.54. The van der Waals surface area contributed by atoms with Gasteiger partial charge in [-0.05, 0) is 24.1 Å². The highest BCUT2D eigenvalue weighted by molar-refractivity contribution is 5.81. The monoisotopic (exact) mass is 241 g/mol.